The molecular formula is C21H20ClNO6. The molecule has 1 aliphatic heterocycles. The molecule has 1 amide bonds. The number of nitrogens with zero attached hydrogens (tertiary/aromatic N) is 1. The Morgan fingerprint density at radius 2 is 2.00 bits per heavy atom. The van der Waals surface area contributed by atoms with Gasteiger partial charge in [0, 0.05) is 20.2 Å². The van der Waals surface area contributed by atoms with Gasteiger partial charge < -0.3 is 24.2 Å². The molecule has 0 saturated heterocycles. The zero-order valence-electron chi connectivity index (χ0n) is 16.2. The summed E-state index contributed by atoms with van der Waals surface area (Å²) in [4.78, 5) is 25.7. The van der Waals surface area contributed by atoms with Crippen molar-refractivity contribution in [3.8, 4) is 23.0 Å². The molecule has 0 bridgehead atoms. The van der Waals surface area contributed by atoms with Gasteiger partial charge in [-0.2, -0.15) is 0 Å². The molecule has 152 valence electrons. The number of Topliss-reactive ketones (excluding diaryl/α,β-unsaturated/α-hetero) is 1. The topological polar surface area (TPSA) is 85.3 Å². The lowest BCUT2D eigenvalue weighted by molar-refractivity contribution is -0.130. The van der Waals surface area contributed by atoms with E-state index in [0.717, 1.165) is 0 Å². The van der Waals surface area contributed by atoms with Crippen molar-refractivity contribution in [2.45, 2.75) is 6.92 Å². The summed E-state index contributed by atoms with van der Waals surface area (Å²) in [5.41, 5.74) is 0.928. The Labute approximate surface area is 173 Å². The standard InChI is InChI=1S/C21H20ClNO6/c1-4-27-18-9-12(7-15(22)21(18)28-11-19(25)23(2)3)8-17-20(26)14-6-5-13(24)10-16(14)29-17/h5-10,24H,4,11H2,1-3H3. The molecule has 2 aromatic carbocycles. The summed E-state index contributed by atoms with van der Waals surface area (Å²) in [7, 11) is 3.25. The lowest BCUT2D eigenvalue weighted by Gasteiger charge is -2.16. The van der Waals surface area contributed by atoms with E-state index in [4.69, 9.17) is 25.8 Å². The van der Waals surface area contributed by atoms with Crippen LogP contribution in [0.2, 0.25) is 5.02 Å². The number of hydrogen-bond acceptors (Lipinski definition) is 6. The highest BCUT2D eigenvalue weighted by atomic mass is 35.5. The normalized spacial score (nSPS) is 13.8. The average Bonchev–Trinajstić information content (AvgIpc) is 2.95. The number of hydrogen-bond donors (Lipinski definition) is 1. The van der Waals surface area contributed by atoms with Gasteiger partial charge in [-0.25, -0.2) is 0 Å². The van der Waals surface area contributed by atoms with Gasteiger partial charge in [-0.3, -0.25) is 9.59 Å². The SMILES string of the molecule is CCOc1cc(C=C2Oc3cc(O)ccc3C2=O)cc(Cl)c1OCC(=O)N(C)C. The number of carbonyl (C=O) groups is 2. The molecular weight excluding hydrogens is 398 g/mol. The van der Waals surface area contributed by atoms with Crippen LogP contribution in [0.4, 0.5) is 0 Å². The second-order valence-electron chi connectivity index (χ2n) is 6.46. The fraction of sp³-hybridized carbons (Fsp3) is 0.238. The fourth-order valence-electron chi connectivity index (χ4n) is 2.66. The van der Waals surface area contributed by atoms with Gasteiger partial charge in [0.05, 0.1) is 17.2 Å². The predicted octanol–water partition coefficient (Wildman–Crippen LogP) is 3.53. The third-order valence-electron chi connectivity index (χ3n) is 4.12. The van der Waals surface area contributed by atoms with Gasteiger partial charge in [-0.05, 0) is 42.8 Å². The smallest absolute Gasteiger partial charge is 0.259 e. The number of halogens is 1. The van der Waals surface area contributed by atoms with Crippen LogP contribution in [-0.2, 0) is 4.79 Å². The van der Waals surface area contributed by atoms with Crippen LogP contribution in [0.3, 0.4) is 0 Å². The van der Waals surface area contributed by atoms with Gasteiger partial charge in [-0.1, -0.05) is 11.6 Å². The van der Waals surface area contributed by atoms with Gasteiger partial charge in [0.1, 0.15) is 11.5 Å². The van der Waals surface area contributed by atoms with Gasteiger partial charge in [0.25, 0.3) is 5.91 Å². The summed E-state index contributed by atoms with van der Waals surface area (Å²) in [5.74, 6) is 0.469. The number of carbonyl (C=O) groups excluding carboxylic acids is 2. The van der Waals surface area contributed by atoms with Crippen LogP contribution < -0.4 is 14.2 Å². The summed E-state index contributed by atoms with van der Waals surface area (Å²) in [6.07, 6.45) is 1.53. The number of benzene rings is 2. The minimum atomic E-state index is -0.300. The summed E-state index contributed by atoms with van der Waals surface area (Å²) in [6, 6.07) is 7.54. The fourth-order valence-corrected chi connectivity index (χ4v) is 2.94. The highest BCUT2D eigenvalue weighted by Gasteiger charge is 2.27. The number of aromatic hydroxyl groups is 1. The molecule has 1 N–H and O–H groups in total. The number of fused-ring (bicyclic) bond motifs is 1. The Balaban J connectivity index is 1.90. The Kier molecular flexibility index (Phi) is 5.98. The van der Waals surface area contributed by atoms with Crippen molar-refractivity contribution in [2.75, 3.05) is 27.3 Å². The number of likely N-dealkylation sites (N-methyl/N-ethyl adjacent to an activating group) is 1. The van der Waals surface area contributed by atoms with Crippen LogP contribution in [0.1, 0.15) is 22.8 Å². The molecule has 0 aromatic heterocycles. The first-order valence-corrected chi connectivity index (χ1v) is 9.24. The Morgan fingerprint density at radius 1 is 1.24 bits per heavy atom. The number of rotatable bonds is 6. The molecule has 0 unspecified atom stereocenters. The number of amides is 1. The van der Waals surface area contributed by atoms with E-state index in [9.17, 15) is 14.7 Å². The largest absolute Gasteiger partial charge is 0.508 e. The molecule has 3 rings (SSSR count). The predicted molar refractivity (Wildman–Crippen MR) is 108 cm³/mol. The zero-order valence-corrected chi connectivity index (χ0v) is 16.9. The molecule has 0 atom stereocenters. The Morgan fingerprint density at radius 3 is 2.69 bits per heavy atom. The van der Waals surface area contributed by atoms with Crippen LogP contribution in [0, 0.1) is 0 Å². The van der Waals surface area contributed by atoms with Crippen LogP contribution in [0.25, 0.3) is 6.08 Å². The third-order valence-corrected chi connectivity index (χ3v) is 4.40. The van der Waals surface area contributed by atoms with E-state index in [1.807, 2.05) is 0 Å². The van der Waals surface area contributed by atoms with Crippen molar-refractivity contribution in [1.29, 1.82) is 0 Å². The molecule has 1 aliphatic rings. The van der Waals surface area contributed by atoms with Crippen molar-refractivity contribution in [3.05, 3.63) is 52.2 Å². The van der Waals surface area contributed by atoms with Crippen molar-refractivity contribution in [2.24, 2.45) is 0 Å². The highest BCUT2D eigenvalue weighted by Crippen LogP contribution is 2.39. The van der Waals surface area contributed by atoms with E-state index in [-0.39, 0.29) is 40.6 Å². The third kappa shape index (κ3) is 4.46. The molecule has 29 heavy (non-hydrogen) atoms. The van der Waals surface area contributed by atoms with Crippen molar-refractivity contribution >= 4 is 29.4 Å². The molecule has 0 aliphatic carbocycles. The second kappa shape index (κ2) is 8.45. The minimum absolute atomic E-state index is 0.00764. The molecule has 0 fully saturated rings. The summed E-state index contributed by atoms with van der Waals surface area (Å²) in [5, 5.41) is 9.79. The molecule has 0 radical (unpaired) electrons. The average molecular weight is 418 g/mol. The second-order valence-corrected chi connectivity index (χ2v) is 6.87. The first-order valence-electron chi connectivity index (χ1n) is 8.86. The molecule has 8 heteroatoms. The van der Waals surface area contributed by atoms with E-state index in [1.165, 1.54) is 29.2 Å². The minimum Gasteiger partial charge on any atom is -0.508 e. The maximum atomic E-state index is 12.5. The van der Waals surface area contributed by atoms with Gasteiger partial charge >= 0.3 is 0 Å². The Hall–Kier alpha value is -3.19. The summed E-state index contributed by atoms with van der Waals surface area (Å²) in [6.45, 7) is 1.97. The van der Waals surface area contributed by atoms with Gasteiger partial charge in [0.2, 0.25) is 5.78 Å². The van der Waals surface area contributed by atoms with E-state index in [0.29, 0.717) is 29.2 Å². The van der Waals surface area contributed by atoms with Crippen LogP contribution >= 0.6 is 11.6 Å². The van der Waals surface area contributed by atoms with Crippen molar-refractivity contribution < 1.29 is 28.9 Å². The number of phenolic OH excluding ortho intramolecular Hbond substituents is 1. The lowest BCUT2D eigenvalue weighted by Crippen LogP contribution is -2.27. The molecule has 0 spiro atoms. The van der Waals surface area contributed by atoms with E-state index < -0.39 is 0 Å². The Bertz CT molecular complexity index is 999. The van der Waals surface area contributed by atoms with Gasteiger partial charge in [-0.15, -0.1) is 0 Å². The van der Waals surface area contributed by atoms with Crippen LogP contribution in [0.5, 0.6) is 23.0 Å². The van der Waals surface area contributed by atoms with E-state index in [2.05, 4.69) is 0 Å². The quantitative estimate of drug-likeness (QED) is 0.724. The summed E-state index contributed by atoms with van der Waals surface area (Å²) < 4.78 is 16.7. The summed E-state index contributed by atoms with van der Waals surface area (Å²) >= 11 is 6.35. The molecule has 7 nitrogen and oxygen atoms in total. The maximum Gasteiger partial charge on any atom is 0.259 e. The molecule has 2 aromatic rings. The first-order chi connectivity index (χ1) is 13.8. The van der Waals surface area contributed by atoms with Gasteiger partial charge in [0.15, 0.2) is 23.9 Å². The van der Waals surface area contributed by atoms with E-state index in [1.54, 1.807) is 33.2 Å². The molecule has 1 heterocycles. The van der Waals surface area contributed by atoms with Crippen LogP contribution in [0.15, 0.2) is 36.1 Å². The number of allylic oxidation sites excluding steroid dienone is 1. The monoisotopic (exact) mass is 417 g/mol. The van der Waals surface area contributed by atoms with E-state index >= 15 is 0 Å². The van der Waals surface area contributed by atoms with Crippen molar-refractivity contribution in [1.82, 2.24) is 4.90 Å². The van der Waals surface area contributed by atoms with Crippen molar-refractivity contribution in [3.63, 3.8) is 0 Å². The highest BCUT2D eigenvalue weighted by molar-refractivity contribution is 6.32. The maximum absolute atomic E-state index is 12.5. The number of ether oxygens (including phenoxy) is 3. The first kappa shape index (κ1) is 20.5. The lowest BCUT2D eigenvalue weighted by atomic mass is 10.1. The molecule has 0 saturated carbocycles. The number of phenols is 1. The van der Waals surface area contributed by atoms with Crippen LogP contribution in [-0.4, -0.2) is 49.0 Å². The zero-order chi connectivity index (χ0) is 21.1. The number of ketones is 1.